The van der Waals surface area contributed by atoms with E-state index in [0.29, 0.717) is 17.6 Å². The molecule has 1 N–H and O–H groups in total. The number of fused-ring (bicyclic) bond motifs is 5. The third-order valence-corrected chi connectivity index (χ3v) is 11.8. The van der Waals surface area contributed by atoms with Crippen molar-refractivity contribution >= 4 is 0 Å². The van der Waals surface area contributed by atoms with Crippen molar-refractivity contribution in [2.75, 3.05) is 13.3 Å². The van der Waals surface area contributed by atoms with Crippen molar-refractivity contribution in [3.05, 3.63) is 11.6 Å². The van der Waals surface area contributed by atoms with Crippen LogP contribution in [0.15, 0.2) is 11.6 Å². The Hall–Kier alpha value is -0.420. The summed E-state index contributed by atoms with van der Waals surface area (Å²) in [5, 5.41) is 12.3. The number of aliphatic hydroxyl groups is 1. The van der Waals surface area contributed by atoms with Crippen molar-refractivity contribution in [3.8, 4) is 0 Å². The molecule has 0 bridgehead atoms. The normalized spacial score (nSPS) is 44.8. The molecule has 5 aliphatic rings. The van der Waals surface area contributed by atoms with Gasteiger partial charge in [-0.15, -0.1) is 0 Å². The number of hydrogen-bond donors (Lipinski definition) is 1. The fourth-order valence-corrected chi connectivity index (χ4v) is 9.61. The van der Waals surface area contributed by atoms with Gasteiger partial charge in [-0.1, -0.05) is 45.3 Å². The van der Waals surface area contributed by atoms with Crippen LogP contribution in [0.25, 0.3) is 0 Å². The Morgan fingerprint density at radius 1 is 1.06 bits per heavy atom. The molecule has 4 fully saturated rings. The Bertz CT molecular complexity index is 794. The lowest BCUT2D eigenvalue weighted by molar-refractivity contribution is -0.232. The molecular weight excluding hydrogens is 434 g/mol. The molecule has 4 aliphatic carbocycles. The molecule has 1 aliphatic heterocycles. The van der Waals surface area contributed by atoms with Crippen LogP contribution in [-0.4, -0.2) is 41.3 Å². The van der Waals surface area contributed by atoms with Gasteiger partial charge in [0.25, 0.3) is 0 Å². The Morgan fingerprint density at radius 3 is 2.60 bits per heavy atom. The first kappa shape index (κ1) is 26.2. The lowest BCUT2D eigenvalue weighted by Gasteiger charge is -2.58. The Kier molecular flexibility index (Phi) is 7.27. The monoisotopic (exact) mass is 487 g/mol. The molecule has 0 amide bonds. The van der Waals surface area contributed by atoms with Gasteiger partial charge in [-0.25, -0.2) is 0 Å². The van der Waals surface area contributed by atoms with E-state index >= 15 is 0 Å². The van der Waals surface area contributed by atoms with Gasteiger partial charge in [-0.05, 0) is 119 Å². The standard InChI is InChI=1S/C31H53NO3/c1-21(8-7-9-22(2)35-32-20-34-19-29(32,3)4)26-12-13-27-25-11-10-23-18-24(33)14-16-30(23,5)28(25)15-17-31(26,27)6/h10,21-22,24-28,33H,7-9,11-20H2,1-6H3/t21-,22?,24+,25+,26-,27+,28+,30+,31-/m1/s1. The number of hydroxylamine groups is 2. The number of ether oxygens (including phenoxy) is 1. The molecule has 4 heteroatoms. The summed E-state index contributed by atoms with van der Waals surface area (Å²) < 4.78 is 5.61. The molecule has 4 nitrogen and oxygen atoms in total. The van der Waals surface area contributed by atoms with Gasteiger partial charge >= 0.3 is 0 Å². The van der Waals surface area contributed by atoms with Crippen LogP contribution in [0.2, 0.25) is 0 Å². The van der Waals surface area contributed by atoms with Gasteiger partial charge in [-0.3, -0.25) is 4.84 Å². The van der Waals surface area contributed by atoms with Gasteiger partial charge in [-0.2, -0.15) is 5.06 Å². The van der Waals surface area contributed by atoms with Crippen molar-refractivity contribution in [2.24, 2.45) is 40.4 Å². The van der Waals surface area contributed by atoms with Crippen LogP contribution in [0.3, 0.4) is 0 Å². The van der Waals surface area contributed by atoms with Crippen molar-refractivity contribution in [1.82, 2.24) is 5.06 Å². The zero-order chi connectivity index (χ0) is 25.0. The van der Waals surface area contributed by atoms with Crippen LogP contribution in [-0.2, 0) is 9.57 Å². The molecule has 5 rings (SSSR count). The molecule has 0 radical (unpaired) electrons. The number of hydrogen-bond acceptors (Lipinski definition) is 4. The van der Waals surface area contributed by atoms with Crippen molar-refractivity contribution in [2.45, 2.75) is 130 Å². The van der Waals surface area contributed by atoms with Crippen molar-refractivity contribution in [1.29, 1.82) is 0 Å². The van der Waals surface area contributed by atoms with Gasteiger partial charge < -0.3 is 9.84 Å². The van der Waals surface area contributed by atoms with E-state index in [4.69, 9.17) is 9.57 Å². The minimum Gasteiger partial charge on any atom is -0.393 e. The molecule has 0 aromatic rings. The first-order chi connectivity index (χ1) is 16.5. The average molecular weight is 488 g/mol. The van der Waals surface area contributed by atoms with Crippen molar-refractivity contribution < 1.29 is 14.7 Å². The molecule has 1 unspecified atom stereocenters. The highest BCUT2D eigenvalue weighted by molar-refractivity contribution is 5.25. The largest absolute Gasteiger partial charge is 0.393 e. The Balaban J connectivity index is 1.17. The van der Waals surface area contributed by atoms with E-state index in [9.17, 15) is 5.11 Å². The van der Waals surface area contributed by atoms with Gasteiger partial charge in [0, 0.05) is 0 Å². The highest BCUT2D eigenvalue weighted by Crippen LogP contribution is 2.67. The lowest BCUT2D eigenvalue weighted by atomic mass is 9.47. The summed E-state index contributed by atoms with van der Waals surface area (Å²) >= 11 is 0. The summed E-state index contributed by atoms with van der Waals surface area (Å²) in [7, 11) is 0. The molecule has 9 atom stereocenters. The predicted octanol–water partition coefficient (Wildman–Crippen LogP) is 7.12. The summed E-state index contributed by atoms with van der Waals surface area (Å²) in [5.41, 5.74) is 2.47. The lowest BCUT2D eigenvalue weighted by Crippen LogP contribution is -2.50. The summed E-state index contributed by atoms with van der Waals surface area (Å²) in [6.07, 6.45) is 16.6. The summed E-state index contributed by atoms with van der Waals surface area (Å²) in [6.45, 7) is 15.7. The summed E-state index contributed by atoms with van der Waals surface area (Å²) in [6, 6.07) is 0. The third-order valence-electron chi connectivity index (χ3n) is 11.8. The maximum absolute atomic E-state index is 10.3. The molecule has 1 heterocycles. The van der Waals surface area contributed by atoms with Crippen LogP contribution in [0.1, 0.15) is 112 Å². The fraction of sp³-hybridized carbons (Fsp3) is 0.935. The highest BCUT2D eigenvalue weighted by atomic mass is 16.7. The fourth-order valence-electron chi connectivity index (χ4n) is 9.61. The molecule has 1 saturated heterocycles. The van der Waals surface area contributed by atoms with E-state index in [1.165, 1.54) is 51.4 Å². The number of rotatable bonds is 7. The first-order valence-corrected chi connectivity index (χ1v) is 14.9. The van der Waals surface area contributed by atoms with Gasteiger partial charge in [0.15, 0.2) is 0 Å². The van der Waals surface area contributed by atoms with Crippen LogP contribution in [0.5, 0.6) is 0 Å². The minimum atomic E-state index is -0.0975. The minimum absolute atomic E-state index is 0.0165. The maximum Gasteiger partial charge on any atom is 0.123 e. The quantitative estimate of drug-likeness (QED) is 0.388. The number of aliphatic hydroxyl groups excluding tert-OH is 1. The Morgan fingerprint density at radius 2 is 1.86 bits per heavy atom. The van der Waals surface area contributed by atoms with E-state index in [1.807, 2.05) is 5.06 Å². The number of nitrogens with zero attached hydrogens (tertiary/aromatic N) is 1. The van der Waals surface area contributed by atoms with Crippen molar-refractivity contribution in [3.63, 3.8) is 0 Å². The van der Waals surface area contributed by atoms with E-state index in [2.05, 4.69) is 47.6 Å². The number of allylic oxidation sites excluding steroid dienone is 1. The highest BCUT2D eigenvalue weighted by Gasteiger charge is 2.59. The molecule has 3 saturated carbocycles. The molecule has 200 valence electrons. The summed E-state index contributed by atoms with van der Waals surface area (Å²) in [4.78, 5) is 6.25. The van der Waals surface area contributed by atoms with Gasteiger partial charge in [0.2, 0.25) is 0 Å². The summed E-state index contributed by atoms with van der Waals surface area (Å²) in [5.74, 6) is 4.29. The second-order valence-electron chi connectivity index (χ2n) is 14.4. The molecular formula is C31H53NO3. The maximum atomic E-state index is 10.3. The van der Waals surface area contributed by atoms with Crippen LogP contribution < -0.4 is 0 Å². The third kappa shape index (κ3) is 4.68. The molecule has 0 aromatic carbocycles. The average Bonchev–Trinajstić information content (AvgIpc) is 3.32. The van der Waals surface area contributed by atoms with Crippen LogP contribution in [0, 0.1) is 40.4 Å². The second-order valence-corrected chi connectivity index (χ2v) is 14.4. The van der Waals surface area contributed by atoms with Crippen LogP contribution >= 0.6 is 0 Å². The zero-order valence-corrected chi connectivity index (χ0v) is 23.5. The van der Waals surface area contributed by atoms with E-state index in [1.54, 1.807) is 5.57 Å². The van der Waals surface area contributed by atoms with Gasteiger partial charge in [0.05, 0.1) is 24.4 Å². The van der Waals surface area contributed by atoms with Gasteiger partial charge in [0.1, 0.15) is 6.73 Å². The zero-order valence-electron chi connectivity index (χ0n) is 23.5. The smallest absolute Gasteiger partial charge is 0.123 e. The SMILES string of the molecule is CC(CCC[C@@H](C)[C@H]1CC[C@H]2[C@@H]3CC=C4C[C@@H](O)CC[C@]4(C)[C@H]3CC[C@]12C)ON1COCC1(C)C. The van der Waals surface area contributed by atoms with Crippen LogP contribution in [0.4, 0.5) is 0 Å². The first-order valence-electron chi connectivity index (χ1n) is 14.9. The van der Waals surface area contributed by atoms with E-state index < -0.39 is 0 Å². The predicted molar refractivity (Wildman–Crippen MR) is 141 cm³/mol. The molecule has 35 heavy (non-hydrogen) atoms. The molecule has 0 spiro atoms. The molecule has 0 aromatic heterocycles. The second kappa shape index (κ2) is 9.71. The Labute approximate surface area is 215 Å². The van der Waals surface area contributed by atoms with E-state index in [0.717, 1.165) is 55.5 Å². The van der Waals surface area contributed by atoms with E-state index in [-0.39, 0.29) is 17.7 Å². The topological polar surface area (TPSA) is 41.9 Å².